The van der Waals surface area contributed by atoms with E-state index in [0.717, 1.165) is 6.26 Å². The van der Waals surface area contributed by atoms with E-state index in [1.807, 2.05) is 0 Å². The molecule has 2 saturated heterocycles. The van der Waals surface area contributed by atoms with Gasteiger partial charge < -0.3 is 5.32 Å². The van der Waals surface area contributed by atoms with Crippen LogP contribution in [0.4, 0.5) is 8.78 Å². The van der Waals surface area contributed by atoms with Crippen molar-refractivity contribution in [2.45, 2.75) is 24.4 Å². The molecule has 2 unspecified atom stereocenters. The lowest BCUT2D eigenvalue weighted by Gasteiger charge is -2.27. The van der Waals surface area contributed by atoms with Gasteiger partial charge >= 0.3 is 0 Å². The van der Waals surface area contributed by atoms with Gasteiger partial charge in [0.25, 0.3) is 5.92 Å². The molecule has 2 aliphatic heterocycles. The van der Waals surface area contributed by atoms with Gasteiger partial charge in [0, 0.05) is 12.6 Å². The molecule has 0 aromatic rings. The summed E-state index contributed by atoms with van der Waals surface area (Å²) in [6, 6.07) is -1.35. The molecule has 0 saturated carbocycles. The lowest BCUT2D eigenvalue weighted by Crippen LogP contribution is -2.49. The predicted octanol–water partition coefficient (Wildman–Crippen LogP) is -1.26. The zero-order valence-electron chi connectivity index (χ0n) is 9.82. The van der Waals surface area contributed by atoms with Gasteiger partial charge in [0.1, 0.15) is 0 Å². The number of amides is 1. The first-order valence-corrected chi connectivity index (χ1v) is 7.44. The van der Waals surface area contributed by atoms with Crippen molar-refractivity contribution in [2.24, 2.45) is 0 Å². The van der Waals surface area contributed by atoms with Gasteiger partial charge in [-0.2, -0.15) is 0 Å². The van der Waals surface area contributed by atoms with E-state index in [4.69, 9.17) is 0 Å². The lowest BCUT2D eigenvalue weighted by atomic mass is 10.1. The number of carbonyl (C=O) groups excluding carboxylic acids is 1. The number of halogens is 2. The number of hydrogen-bond donors (Lipinski definition) is 2. The van der Waals surface area contributed by atoms with Crippen LogP contribution in [0.2, 0.25) is 0 Å². The zero-order valence-corrected chi connectivity index (χ0v) is 10.6. The van der Waals surface area contributed by atoms with E-state index in [-0.39, 0.29) is 12.6 Å². The highest BCUT2D eigenvalue weighted by Gasteiger charge is 2.55. The standard InChI is InChI=1S/C9H15F2N3O3S/c1-18(16,17)13-7(15)4-14-3-2-6-8(14)9(10,11)5-12-6/h6,8,12H,2-5H2,1H3,(H,13,15). The van der Waals surface area contributed by atoms with Gasteiger partial charge in [-0.1, -0.05) is 0 Å². The molecule has 2 heterocycles. The highest BCUT2D eigenvalue weighted by Crippen LogP contribution is 2.35. The van der Waals surface area contributed by atoms with Crippen LogP contribution in [-0.2, 0) is 14.8 Å². The molecule has 0 bridgehead atoms. The minimum absolute atomic E-state index is 0.328. The number of sulfonamides is 1. The Kier molecular flexibility index (Phi) is 3.32. The lowest BCUT2D eigenvalue weighted by molar-refractivity contribution is -0.122. The normalized spacial score (nSPS) is 31.3. The Morgan fingerprint density at radius 2 is 2.22 bits per heavy atom. The molecular formula is C9H15F2N3O3S. The van der Waals surface area contributed by atoms with Crippen molar-refractivity contribution >= 4 is 15.9 Å². The number of rotatable bonds is 3. The van der Waals surface area contributed by atoms with Crippen molar-refractivity contribution in [3.05, 3.63) is 0 Å². The van der Waals surface area contributed by atoms with Crippen LogP contribution in [0.15, 0.2) is 0 Å². The highest BCUT2D eigenvalue weighted by molar-refractivity contribution is 7.89. The number of likely N-dealkylation sites (tertiary alicyclic amines) is 1. The molecule has 2 aliphatic rings. The maximum atomic E-state index is 13.6. The Balaban J connectivity index is 2.00. The van der Waals surface area contributed by atoms with Crippen LogP contribution in [0.3, 0.4) is 0 Å². The Bertz CT molecular complexity index is 454. The first kappa shape index (κ1) is 13.6. The molecule has 2 N–H and O–H groups in total. The van der Waals surface area contributed by atoms with Gasteiger partial charge in [-0.05, 0) is 6.42 Å². The van der Waals surface area contributed by atoms with Crippen molar-refractivity contribution in [3.8, 4) is 0 Å². The third-order valence-corrected chi connectivity index (χ3v) is 3.78. The number of fused-ring (bicyclic) bond motifs is 1. The largest absolute Gasteiger partial charge is 0.306 e. The van der Waals surface area contributed by atoms with Gasteiger partial charge in [-0.3, -0.25) is 14.4 Å². The fraction of sp³-hybridized carbons (Fsp3) is 0.889. The average molecular weight is 283 g/mol. The summed E-state index contributed by atoms with van der Waals surface area (Å²) >= 11 is 0. The van der Waals surface area contributed by atoms with E-state index >= 15 is 0 Å². The third kappa shape index (κ3) is 2.78. The summed E-state index contributed by atoms with van der Waals surface area (Å²) in [4.78, 5) is 12.8. The summed E-state index contributed by atoms with van der Waals surface area (Å²) in [5.41, 5.74) is 0. The molecule has 6 nitrogen and oxygen atoms in total. The molecule has 0 aliphatic carbocycles. The summed E-state index contributed by atoms with van der Waals surface area (Å²) in [6.45, 7) is -0.368. The van der Waals surface area contributed by atoms with E-state index in [0.29, 0.717) is 13.0 Å². The van der Waals surface area contributed by atoms with Gasteiger partial charge in [0.05, 0.1) is 25.4 Å². The van der Waals surface area contributed by atoms with Gasteiger partial charge in [-0.25, -0.2) is 17.2 Å². The summed E-state index contributed by atoms with van der Waals surface area (Å²) in [6.07, 6.45) is 1.38. The molecule has 0 aromatic carbocycles. The second-order valence-electron chi connectivity index (χ2n) is 4.75. The molecular weight excluding hydrogens is 268 g/mol. The maximum absolute atomic E-state index is 13.6. The van der Waals surface area contributed by atoms with E-state index in [9.17, 15) is 22.0 Å². The van der Waals surface area contributed by atoms with Crippen molar-refractivity contribution in [1.29, 1.82) is 0 Å². The van der Waals surface area contributed by atoms with E-state index in [2.05, 4.69) is 5.32 Å². The average Bonchev–Trinajstić information content (AvgIpc) is 2.67. The smallest absolute Gasteiger partial charge is 0.277 e. The molecule has 2 atom stereocenters. The molecule has 0 aromatic heterocycles. The number of nitrogens with one attached hydrogen (secondary N) is 2. The second kappa shape index (κ2) is 4.39. The van der Waals surface area contributed by atoms with Crippen molar-refractivity contribution < 1.29 is 22.0 Å². The van der Waals surface area contributed by atoms with Crippen molar-refractivity contribution in [2.75, 3.05) is 25.9 Å². The second-order valence-corrected chi connectivity index (χ2v) is 6.50. The van der Waals surface area contributed by atoms with Gasteiger partial charge in [0.15, 0.2) is 0 Å². The molecule has 0 radical (unpaired) electrons. The number of hydrogen-bond acceptors (Lipinski definition) is 5. The fourth-order valence-electron chi connectivity index (χ4n) is 2.60. The summed E-state index contributed by atoms with van der Waals surface area (Å²) in [5.74, 6) is -3.66. The minimum Gasteiger partial charge on any atom is -0.306 e. The SMILES string of the molecule is CS(=O)(=O)NC(=O)CN1CCC2NCC(F)(F)C21. The van der Waals surface area contributed by atoms with Gasteiger partial charge in [0.2, 0.25) is 15.9 Å². The molecule has 104 valence electrons. The summed E-state index contributed by atoms with van der Waals surface area (Å²) in [5, 5.41) is 2.72. The monoisotopic (exact) mass is 283 g/mol. The molecule has 2 fully saturated rings. The quantitative estimate of drug-likeness (QED) is 0.676. The van der Waals surface area contributed by atoms with E-state index in [1.165, 1.54) is 4.90 Å². The Morgan fingerprint density at radius 1 is 1.56 bits per heavy atom. The van der Waals surface area contributed by atoms with Crippen LogP contribution in [0.25, 0.3) is 0 Å². The molecule has 18 heavy (non-hydrogen) atoms. The van der Waals surface area contributed by atoms with E-state index < -0.39 is 34.4 Å². The molecule has 1 amide bonds. The van der Waals surface area contributed by atoms with Crippen LogP contribution < -0.4 is 10.0 Å². The van der Waals surface area contributed by atoms with Crippen LogP contribution >= 0.6 is 0 Å². The first-order valence-electron chi connectivity index (χ1n) is 5.55. The minimum atomic E-state index is -3.65. The summed E-state index contributed by atoms with van der Waals surface area (Å²) < 4.78 is 50.7. The van der Waals surface area contributed by atoms with Crippen molar-refractivity contribution in [3.63, 3.8) is 0 Å². The highest BCUT2D eigenvalue weighted by atomic mass is 32.2. The van der Waals surface area contributed by atoms with Crippen LogP contribution in [0, 0.1) is 0 Å². The molecule has 9 heteroatoms. The number of nitrogens with zero attached hydrogens (tertiary/aromatic N) is 1. The zero-order chi connectivity index (χ0) is 13.6. The van der Waals surface area contributed by atoms with Crippen molar-refractivity contribution in [1.82, 2.24) is 14.9 Å². The molecule has 2 rings (SSSR count). The Morgan fingerprint density at radius 3 is 2.83 bits per heavy atom. The fourth-order valence-corrected chi connectivity index (χ4v) is 3.08. The maximum Gasteiger partial charge on any atom is 0.277 e. The van der Waals surface area contributed by atoms with Gasteiger partial charge in [-0.15, -0.1) is 0 Å². The number of carbonyl (C=O) groups is 1. The third-order valence-electron chi connectivity index (χ3n) is 3.18. The van der Waals surface area contributed by atoms with Crippen LogP contribution in [-0.4, -0.2) is 63.1 Å². The Hall–Kier alpha value is -0.800. The summed E-state index contributed by atoms with van der Waals surface area (Å²) in [7, 11) is -3.65. The van der Waals surface area contributed by atoms with Crippen LogP contribution in [0.1, 0.15) is 6.42 Å². The topological polar surface area (TPSA) is 78.5 Å². The number of alkyl halides is 2. The first-order chi connectivity index (χ1) is 8.19. The Labute approximate surface area is 104 Å². The van der Waals surface area contributed by atoms with Crippen LogP contribution in [0.5, 0.6) is 0 Å². The van der Waals surface area contributed by atoms with E-state index in [1.54, 1.807) is 4.72 Å². The molecule has 0 spiro atoms. The predicted molar refractivity (Wildman–Crippen MR) is 59.7 cm³/mol.